The van der Waals surface area contributed by atoms with Gasteiger partial charge in [-0.25, -0.2) is 8.42 Å². The minimum Gasteiger partial charge on any atom is -0.497 e. The smallest absolute Gasteiger partial charge is 0.247 e. The Morgan fingerprint density at radius 1 is 1.08 bits per heavy atom. The fraction of sp³-hybridized carbons (Fsp3) is 0.316. The molecule has 26 heavy (non-hydrogen) atoms. The highest BCUT2D eigenvalue weighted by Gasteiger charge is 2.35. The zero-order valence-corrected chi connectivity index (χ0v) is 16.1. The Bertz CT molecular complexity index is 937. The lowest BCUT2D eigenvalue weighted by atomic mass is 9.98. The van der Waals surface area contributed by atoms with Gasteiger partial charge in [0.2, 0.25) is 10.0 Å². The SMILES string of the molecule is COc1ccc(C2=NN(S(C)(=O)=O)C(c3ccc(C)cc3)C2)c(OC)c1. The number of ether oxygens (including phenoxy) is 2. The van der Waals surface area contributed by atoms with Crippen molar-refractivity contribution < 1.29 is 17.9 Å². The van der Waals surface area contributed by atoms with Crippen molar-refractivity contribution in [1.82, 2.24) is 4.41 Å². The third kappa shape index (κ3) is 3.53. The first-order valence-corrected chi connectivity index (χ1v) is 10.0. The summed E-state index contributed by atoms with van der Waals surface area (Å²) in [5.41, 5.74) is 3.46. The van der Waals surface area contributed by atoms with Gasteiger partial charge in [-0.2, -0.15) is 9.52 Å². The lowest BCUT2D eigenvalue weighted by Crippen LogP contribution is -2.25. The van der Waals surface area contributed by atoms with Crippen molar-refractivity contribution in [2.75, 3.05) is 20.5 Å². The van der Waals surface area contributed by atoms with E-state index in [4.69, 9.17) is 9.47 Å². The molecule has 138 valence electrons. The second-order valence-electron chi connectivity index (χ2n) is 6.28. The molecule has 0 saturated carbocycles. The second kappa shape index (κ2) is 6.99. The van der Waals surface area contributed by atoms with Crippen molar-refractivity contribution in [2.24, 2.45) is 5.10 Å². The molecule has 1 atom stereocenters. The quantitative estimate of drug-likeness (QED) is 0.806. The molecule has 0 radical (unpaired) electrons. The summed E-state index contributed by atoms with van der Waals surface area (Å²) in [6, 6.07) is 12.9. The zero-order valence-electron chi connectivity index (χ0n) is 15.3. The summed E-state index contributed by atoms with van der Waals surface area (Å²) in [6.45, 7) is 2.00. The van der Waals surface area contributed by atoms with Gasteiger partial charge in [0.1, 0.15) is 11.5 Å². The van der Waals surface area contributed by atoms with Gasteiger partial charge in [-0.1, -0.05) is 29.8 Å². The molecular formula is C19H22N2O4S. The number of hydrogen-bond acceptors (Lipinski definition) is 5. The average Bonchev–Trinajstić information content (AvgIpc) is 3.07. The van der Waals surface area contributed by atoms with Crippen LogP contribution in [0.5, 0.6) is 11.5 Å². The van der Waals surface area contributed by atoms with Gasteiger partial charge in [-0.3, -0.25) is 0 Å². The van der Waals surface area contributed by atoms with Crippen molar-refractivity contribution in [3.63, 3.8) is 0 Å². The van der Waals surface area contributed by atoms with E-state index in [1.807, 2.05) is 43.3 Å². The molecule has 0 N–H and O–H groups in total. The van der Waals surface area contributed by atoms with Crippen LogP contribution in [0.15, 0.2) is 47.6 Å². The van der Waals surface area contributed by atoms with Gasteiger partial charge >= 0.3 is 0 Å². The summed E-state index contributed by atoms with van der Waals surface area (Å²) in [5.74, 6) is 1.26. The van der Waals surface area contributed by atoms with Crippen LogP contribution in [0, 0.1) is 6.92 Å². The normalized spacial score (nSPS) is 17.2. The van der Waals surface area contributed by atoms with Gasteiger partial charge < -0.3 is 9.47 Å². The van der Waals surface area contributed by atoms with E-state index in [0.29, 0.717) is 23.6 Å². The highest BCUT2D eigenvalue weighted by atomic mass is 32.2. The van der Waals surface area contributed by atoms with Crippen molar-refractivity contribution in [3.8, 4) is 11.5 Å². The summed E-state index contributed by atoms with van der Waals surface area (Å²) in [5, 5.41) is 4.42. The maximum Gasteiger partial charge on any atom is 0.247 e. The number of aryl methyl sites for hydroxylation is 1. The Hall–Kier alpha value is -2.54. The molecule has 1 aliphatic heterocycles. The van der Waals surface area contributed by atoms with Crippen LogP contribution in [-0.2, 0) is 10.0 Å². The van der Waals surface area contributed by atoms with Gasteiger partial charge in [0.15, 0.2) is 0 Å². The summed E-state index contributed by atoms with van der Waals surface area (Å²) < 4.78 is 36.4. The topological polar surface area (TPSA) is 68.2 Å². The van der Waals surface area contributed by atoms with Crippen molar-refractivity contribution in [2.45, 2.75) is 19.4 Å². The molecule has 2 aromatic rings. The van der Waals surface area contributed by atoms with Crippen molar-refractivity contribution >= 4 is 15.7 Å². The monoisotopic (exact) mass is 374 g/mol. The van der Waals surface area contributed by atoms with Crippen LogP contribution >= 0.6 is 0 Å². The summed E-state index contributed by atoms with van der Waals surface area (Å²) in [4.78, 5) is 0. The lowest BCUT2D eigenvalue weighted by Gasteiger charge is -2.21. The molecule has 0 amide bonds. The largest absolute Gasteiger partial charge is 0.497 e. The van der Waals surface area contributed by atoms with Gasteiger partial charge in [0, 0.05) is 18.1 Å². The molecule has 1 unspecified atom stereocenters. The molecule has 7 heteroatoms. The molecule has 2 aromatic carbocycles. The first-order valence-electron chi connectivity index (χ1n) is 8.19. The Kier molecular flexibility index (Phi) is 4.91. The molecular weight excluding hydrogens is 352 g/mol. The maximum atomic E-state index is 12.3. The van der Waals surface area contributed by atoms with E-state index >= 15 is 0 Å². The molecule has 0 fully saturated rings. The molecule has 6 nitrogen and oxygen atoms in total. The molecule has 3 rings (SSSR count). The van der Waals surface area contributed by atoms with Gasteiger partial charge in [0.05, 0.1) is 32.2 Å². The Labute approximate surface area is 154 Å². The molecule has 0 aromatic heterocycles. The molecule has 1 aliphatic rings. The van der Waals surface area contributed by atoms with Crippen molar-refractivity contribution in [3.05, 3.63) is 59.2 Å². The van der Waals surface area contributed by atoms with Crippen LogP contribution in [0.2, 0.25) is 0 Å². The Morgan fingerprint density at radius 2 is 1.77 bits per heavy atom. The number of benzene rings is 2. The van der Waals surface area contributed by atoms with E-state index in [0.717, 1.165) is 16.7 Å². The van der Waals surface area contributed by atoms with E-state index < -0.39 is 10.0 Å². The molecule has 1 heterocycles. The third-order valence-corrected chi connectivity index (χ3v) is 5.41. The first kappa shape index (κ1) is 18.3. The minimum atomic E-state index is -3.50. The number of hydrogen-bond donors (Lipinski definition) is 0. The number of rotatable bonds is 5. The predicted octanol–water partition coefficient (Wildman–Crippen LogP) is 3.12. The number of hydrazone groups is 1. The van der Waals surface area contributed by atoms with Gasteiger partial charge in [-0.15, -0.1) is 0 Å². The van der Waals surface area contributed by atoms with Crippen LogP contribution in [0.25, 0.3) is 0 Å². The average molecular weight is 374 g/mol. The maximum absolute atomic E-state index is 12.3. The third-order valence-electron chi connectivity index (χ3n) is 4.39. The summed E-state index contributed by atoms with van der Waals surface area (Å²) in [7, 11) is -0.350. The van der Waals surface area contributed by atoms with E-state index in [1.54, 1.807) is 20.3 Å². The van der Waals surface area contributed by atoms with E-state index in [9.17, 15) is 8.42 Å². The first-order chi connectivity index (χ1) is 12.3. The minimum absolute atomic E-state index is 0.368. The molecule has 0 aliphatic carbocycles. The van der Waals surface area contributed by atoms with Crippen LogP contribution < -0.4 is 9.47 Å². The summed E-state index contributed by atoms with van der Waals surface area (Å²) in [6.07, 6.45) is 1.64. The zero-order chi connectivity index (χ0) is 18.9. The highest BCUT2D eigenvalue weighted by Crippen LogP contribution is 2.37. The Morgan fingerprint density at radius 3 is 2.35 bits per heavy atom. The van der Waals surface area contributed by atoms with E-state index in [1.165, 1.54) is 10.7 Å². The predicted molar refractivity (Wildman–Crippen MR) is 101 cm³/mol. The van der Waals surface area contributed by atoms with Crippen LogP contribution in [-0.4, -0.2) is 39.0 Å². The standard InChI is InChI=1S/C19H22N2O4S/c1-13-5-7-14(8-6-13)18-12-17(20-21(18)26(4,22)23)16-10-9-15(24-2)11-19(16)25-3/h5-11,18H,12H2,1-4H3. The van der Waals surface area contributed by atoms with E-state index in [-0.39, 0.29) is 6.04 Å². The fourth-order valence-electron chi connectivity index (χ4n) is 3.03. The number of nitrogens with zero attached hydrogens (tertiary/aromatic N) is 2. The number of methoxy groups -OCH3 is 2. The number of sulfonamides is 1. The molecule has 0 spiro atoms. The fourth-order valence-corrected chi connectivity index (χ4v) is 3.94. The van der Waals surface area contributed by atoms with Crippen LogP contribution in [0.4, 0.5) is 0 Å². The highest BCUT2D eigenvalue weighted by molar-refractivity contribution is 7.88. The van der Waals surface area contributed by atoms with Crippen LogP contribution in [0.1, 0.15) is 29.2 Å². The van der Waals surface area contributed by atoms with Gasteiger partial charge in [-0.05, 0) is 24.6 Å². The Balaban J connectivity index is 2.03. The van der Waals surface area contributed by atoms with Crippen LogP contribution in [0.3, 0.4) is 0 Å². The second-order valence-corrected chi connectivity index (χ2v) is 8.12. The van der Waals surface area contributed by atoms with E-state index in [2.05, 4.69) is 5.10 Å². The van der Waals surface area contributed by atoms with Gasteiger partial charge in [0.25, 0.3) is 0 Å². The molecule has 0 saturated heterocycles. The molecule has 0 bridgehead atoms. The lowest BCUT2D eigenvalue weighted by molar-refractivity contribution is 0.375. The summed E-state index contributed by atoms with van der Waals surface area (Å²) >= 11 is 0. The van der Waals surface area contributed by atoms with Crippen molar-refractivity contribution in [1.29, 1.82) is 0 Å².